The van der Waals surface area contributed by atoms with Crippen LogP contribution in [0.4, 0.5) is 5.69 Å². The minimum absolute atomic E-state index is 0.118. The summed E-state index contributed by atoms with van der Waals surface area (Å²) in [5.74, 6) is 0. The van der Waals surface area contributed by atoms with Crippen molar-refractivity contribution in [2.75, 3.05) is 11.3 Å². The van der Waals surface area contributed by atoms with Crippen LogP contribution >= 0.6 is 11.3 Å². The lowest BCUT2D eigenvalue weighted by atomic mass is 10.4. The topological polar surface area (TPSA) is 88.4 Å². The zero-order valence-corrected chi connectivity index (χ0v) is 12.4. The number of aliphatic hydroxyl groups excluding tert-OH is 1. The van der Waals surface area contributed by atoms with Gasteiger partial charge in [0.2, 0.25) is 0 Å². The minimum Gasteiger partial charge on any atom is -0.395 e. The lowest BCUT2D eigenvalue weighted by molar-refractivity contribution is 0.274. The van der Waals surface area contributed by atoms with Crippen LogP contribution in [0.15, 0.2) is 39.5 Å². The molecule has 0 spiro atoms. The van der Waals surface area contributed by atoms with Gasteiger partial charge in [0.1, 0.15) is 4.21 Å². The lowest BCUT2D eigenvalue weighted by Crippen LogP contribution is -2.21. The third-order valence-electron chi connectivity index (χ3n) is 2.56. The SMILES string of the molecule is Cc1ccc(S(=O)(=O)Nc2ccc(=O)n(CCO)c2)s1. The second kappa shape index (κ2) is 5.78. The highest BCUT2D eigenvalue weighted by Gasteiger charge is 2.16. The molecule has 0 aliphatic heterocycles. The van der Waals surface area contributed by atoms with Crippen molar-refractivity contribution in [1.29, 1.82) is 0 Å². The molecule has 0 bridgehead atoms. The minimum atomic E-state index is -3.65. The van der Waals surface area contributed by atoms with E-state index in [4.69, 9.17) is 5.11 Å². The molecule has 108 valence electrons. The van der Waals surface area contributed by atoms with E-state index in [0.717, 1.165) is 4.88 Å². The summed E-state index contributed by atoms with van der Waals surface area (Å²) in [6.07, 6.45) is 1.37. The Morgan fingerprint density at radius 1 is 1.30 bits per heavy atom. The number of nitrogens with one attached hydrogen (secondary N) is 1. The molecular formula is C12H14N2O4S2. The van der Waals surface area contributed by atoms with Gasteiger partial charge in [-0.15, -0.1) is 11.3 Å². The maximum Gasteiger partial charge on any atom is 0.271 e. The zero-order chi connectivity index (χ0) is 14.8. The van der Waals surface area contributed by atoms with Gasteiger partial charge in [-0.3, -0.25) is 9.52 Å². The third-order valence-corrected chi connectivity index (χ3v) is 5.43. The molecule has 20 heavy (non-hydrogen) atoms. The first-order chi connectivity index (χ1) is 9.42. The van der Waals surface area contributed by atoms with Gasteiger partial charge < -0.3 is 9.67 Å². The Hall–Kier alpha value is -1.64. The predicted molar refractivity (Wildman–Crippen MR) is 77.7 cm³/mol. The Bertz CT molecular complexity index is 762. The lowest BCUT2D eigenvalue weighted by Gasteiger charge is -2.09. The molecule has 0 aliphatic carbocycles. The van der Waals surface area contributed by atoms with Crippen LogP contribution in [0.5, 0.6) is 0 Å². The molecule has 0 saturated heterocycles. The number of hydrogen-bond donors (Lipinski definition) is 2. The Morgan fingerprint density at radius 2 is 2.05 bits per heavy atom. The van der Waals surface area contributed by atoms with Gasteiger partial charge in [-0.2, -0.15) is 0 Å². The average molecular weight is 314 g/mol. The molecule has 2 aromatic rings. The monoisotopic (exact) mass is 314 g/mol. The molecule has 0 unspecified atom stereocenters. The van der Waals surface area contributed by atoms with E-state index >= 15 is 0 Å². The summed E-state index contributed by atoms with van der Waals surface area (Å²) in [7, 11) is -3.65. The maximum absolute atomic E-state index is 12.1. The van der Waals surface area contributed by atoms with Gasteiger partial charge in [0.25, 0.3) is 15.6 Å². The number of aliphatic hydroxyl groups is 1. The third kappa shape index (κ3) is 3.27. The number of nitrogens with zero attached hydrogens (tertiary/aromatic N) is 1. The number of hydrogen-bond acceptors (Lipinski definition) is 5. The molecule has 0 aliphatic rings. The second-order valence-electron chi connectivity index (χ2n) is 4.14. The molecule has 2 N–H and O–H groups in total. The first-order valence-electron chi connectivity index (χ1n) is 5.83. The molecule has 2 heterocycles. The molecule has 0 saturated carbocycles. The fourth-order valence-corrected chi connectivity index (χ4v) is 3.96. The molecule has 0 amide bonds. The summed E-state index contributed by atoms with van der Waals surface area (Å²) in [6.45, 7) is 1.75. The van der Waals surface area contributed by atoms with Crippen LogP contribution in [0.3, 0.4) is 0 Å². The molecular weight excluding hydrogens is 300 g/mol. The number of aromatic nitrogens is 1. The van der Waals surface area contributed by atoms with Crippen LogP contribution in [0.2, 0.25) is 0 Å². The molecule has 0 fully saturated rings. The number of rotatable bonds is 5. The van der Waals surface area contributed by atoms with Gasteiger partial charge >= 0.3 is 0 Å². The summed E-state index contributed by atoms with van der Waals surface area (Å²) in [5.41, 5.74) is -0.0157. The molecule has 0 aromatic carbocycles. The summed E-state index contributed by atoms with van der Waals surface area (Å²) in [6, 6.07) is 5.92. The van der Waals surface area contributed by atoms with Crippen LogP contribution < -0.4 is 10.3 Å². The summed E-state index contributed by atoms with van der Waals surface area (Å²) >= 11 is 1.17. The van der Waals surface area contributed by atoms with Crippen LogP contribution in [0, 0.1) is 6.92 Å². The van der Waals surface area contributed by atoms with E-state index in [1.54, 1.807) is 6.07 Å². The Kier molecular flexibility index (Phi) is 4.26. The highest BCUT2D eigenvalue weighted by Crippen LogP contribution is 2.22. The van der Waals surface area contributed by atoms with Crippen molar-refractivity contribution in [3.8, 4) is 0 Å². The molecule has 2 aromatic heterocycles. The fourth-order valence-electron chi connectivity index (χ4n) is 1.64. The Morgan fingerprint density at radius 3 is 2.65 bits per heavy atom. The normalized spacial score (nSPS) is 11.5. The van der Waals surface area contributed by atoms with E-state index in [1.165, 1.54) is 40.3 Å². The van der Waals surface area contributed by atoms with Gasteiger partial charge in [-0.05, 0) is 25.1 Å². The highest BCUT2D eigenvalue weighted by atomic mass is 32.2. The van der Waals surface area contributed by atoms with E-state index in [1.807, 2.05) is 6.92 Å². The van der Waals surface area contributed by atoms with Crippen molar-refractivity contribution in [2.45, 2.75) is 17.7 Å². The maximum atomic E-state index is 12.1. The average Bonchev–Trinajstić information content (AvgIpc) is 2.81. The number of thiophene rings is 1. The molecule has 0 atom stereocenters. The van der Waals surface area contributed by atoms with Crippen molar-refractivity contribution in [1.82, 2.24) is 4.57 Å². The van der Waals surface area contributed by atoms with Crippen LogP contribution in [-0.2, 0) is 16.6 Å². The van der Waals surface area contributed by atoms with Crippen molar-refractivity contribution >= 4 is 27.0 Å². The van der Waals surface area contributed by atoms with Gasteiger partial charge in [-0.25, -0.2) is 8.42 Å². The van der Waals surface area contributed by atoms with Crippen molar-refractivity contribution in [3.63, 3.8) is 0 Å². The van der Waals surface area contributed by atoms with E-state index < -0.39 is 10.0 Å². The van der Waals surface area contributed by atoms with Crippen molar-refractivity contribution < 1.29 is 13.5 Å². The van der Waals surface area contributed by atoms with Gasteiger partial charge in [-0.1, -0.05) is 0 Å². The van der Waals surface area contributed by atoms with E-state index in [-0.39, 0.29) is 28.6 Å². The van der Waals surface area contributed by atoms with E-state index in [9.17, 15) is 13.2 Å². The largest absolute Gasteiger partial charge is 0.395 e. The predicted octanol–water partition coefficient (Wildman–Crippen LogP) is 1.01. The quantitative estimate of drug-likeness (QED) is 0.862. The number of sulfonamides is 1. The van der Waals surface area contributed by atoms with Crippen LogP contribution in [-0.4, -0.2) is 24.7 Å². The van der Waals surface area contributed by atoms with Gasteiger partial charge in [0, 0.05) is 23.7 Å². The summed E-state index contributed by atoms with van der Waals surface area (Å²) < 4.78 is 28.1. The number of anilines is 1. The Balaban J connectivity index is 2.30. The van der Waals surface area contributed by atoms with Crippen molar-refractivity contribution in [2.24, 2.45) is 0 Å². The van der Waals surface area contributed by atoms with Crippen molar-refractivity contribution in [3.05, 3.63) is 45.7 Å². The first kappa shape index (κ1) is 14.8. The second-order valence-corrected chi connectivity index (χ2v) is 7.34. The zero-order valence-electron chi connectivity index (χ0n) is 10.7. The standard InChI is InChI=1S/C12H14N2O4S2/c1-9-2-5-12(19-9)20(17,18)13-10-3-4-11(16)14(8-10)6-7-15/h2-5,8,13,15H,6-7H2,1H3. The van der Waals surface area contributed by atoms with Crippen LogP contribution in [0.25, 0.3) is 0 Å². The smallest absolute Gasteiger partial charge is 0.271 e. The first-order valence-corrected chi connectivity index (χ1v) is 8.13. The Labute approximate surface area is 120 Å². The van der Waals surface area contributed by atoms with Gasteiger partial charge in [0.15, 0.2) is 0 Å². The number of aryl methyl sites for hydroxylation is 1. The summed E-state index contributed by atoms with van der Waals surface area (Å²) in [5, 5.41) is 8.85. The van der Waals surface area contributed by atoms with E-state index in [2.05, 4.69) is 4.72 Å². The molecule has 6 nitrogen and oxygen atoms in total. The van der Waals surface area contributed by atoms with Crippen LogP contribution in [0.1, 0.15) is 4.88 Å². The highest BCUT2D eigenvalue weighted by molar-refractivity contribution is 7.94. The van der Waals surface area contributed by atoms with Gasteiger partial charge in [0.05, 0.1) is 12.3 Å². The number of pyridine rings is 1. The molecule has 0 radical (unpaired) electrons. The summed E-state index contributed by atoms with van der Waals surface area (Å²) in [4.78, 5) is 12.4. The molecule has 8 heteroatoms. The fraction of sp³-hybridized carbons (Fsp3) is 0.250. The molecule has 2 rings (SSSR count). The van der Waals surface area contributed by atoms with E-state index in [0.29, 0.717) is 0 Å².